The largest absolute Gasteiger partial charge is 0.508 e. The molecule has 1 saturated heterocycles. The van der Waals surface area contributed by atoms with E-state index in [4.69, 9.17) is 0 Å². The molecule has 1 fully saturated rings. The van der Waals surface area contributed by atoms with Gasteiger partial charge in [0, 0.05) is 5.69 Å². The number of aryl methyl sites for hydroxylation is 2. The number of nitrogens with one attached hydrogen (secondary N) is 1. The zero-order valence-electron chi connectivity index (χ0n) is 13.4. The summed E-state index contributed by atoms with van der Waals surface area (Å²) in [6.45, 7) is 3.55. The summed E-state index contributed by atoms with van der Waals surface area (Å²) in [7, 11) is 0. The van der Waals surface area contributed by atoms with Crippen LogP contribution in [-0.4, -0.2) is 28.1 Å². The van der Waals surface area contributed by atoms with Gasteiger partial charge in [-0.15, -0.1) is 0 Å². The number of imide groups is 1. The fourth-order valence-corrected chi connectivity index (χ4v) is 2.89. The molecule has 3 N–H and O–H groups in total. The number of anilines is 2. The molecule has 124 valence electrons. The highest BCUT2D eigenvalue weighted by Crippen LogP contribution is 2.30. The molecule has 1 unspecified atom stereocenters. The van der Waals surface area contributed by atoms with Crippen molar-refractivity contribution >= 4 is 23.2 Å². The van der Waals surface area contributed by atoms with Crippen LogP contribution >= 0.6 is 0 Å². The first kappa shape index (κ1) is 15.9. The molecule has 6 heteroatoms. The molecule has 2 amide bonds. The summed E-state index contributed by atoms with van der Waals surface area (Å²) in [5.74, 6) is -0.387. The zero-order chi connectivity index (χ0) is 17.4. The summed E-state index contributed by atoms with van der Waals surface area (Å²) in [4.78, 5) is 26.1. The summed E-state index contributed by atoms with van der Waals surface area (Å²) in [6, 6.07) is 8.67. The third kappa shape index (κ3) is 2.78. The van der Waals surface area contributed by atoms with Crippen LogP contribution in [0.15, 0.2) is 36.4 Å². The van der Waals surface area contributed by atoms with Crippen molar-refractivity contribution in [3.05, 3.63) is 47.5 Å². The molecule has 6 nitrogen and oxygen atoms in total. The fraction of sp³-hybridized carbons (Fsp3) is 0.222. The first-order valence-electron chi connectivity index (χ1n) is 7.59. The number of nitrogens with zero attached hydrogens (tertiary/aromatic N) is 1. The number of aromatic hydroxyl groups is 2. The van der Waals surface area contributed by atoms with E-state index in [0.29, 0.717) is 16.9 Å². The highest BCUT2D eigenvalue weighted by atomic mass is 16.3. The van der Waals surface area contributed by atoms with Crippen molar-refractivity contribution in [2.45, 2.75) is 26.3 Å². The van der Waals surface area contributed by atoms with Gasteiger partial charge in [0.1, 0.15) is 17.5 Å². The molecule has 1 atom stereocenters. The van der Waals surface area contributed by atoms with E-state index in [1.54, 1.807) is 25.1 Å². The van der Waals surface area contributed by atoms with E-state index >= 15 is 0 Å². The number of benzene rings is 2. The van der Waals surface area contributed by atoms with E-state index in [2.05, 4.69) is 5.32 Å². The zero-order valence-corrected chi connectivity index (χ0v) is 13.4. The summed E-state index contributed by atoms with van der Waals surface area (Å²) in [6.07, 6.45) is 0.0550. The second-order valence-corrected chi connectivity index (χ2v) is 5.94. The minimum absolute atomic E-state index is 0.0550. The minimum atomic E-state index is -0.658. The number of hydrogen-bond acceptors (Lipinski definition) is 5. The molecule has 0 saturated carbocycles. The van der Waals surface area contributed by atoms with E-state index in [-0.39, 0.29) is 29.7 Å². The van der Waals surface area contributed by atoms with Gasteiger partial charge in [-0.25, -0.2) is 4.90 Å². The Balaban J connectivity index is 1.86. The fourth-order valence-electron chi connectivity index (χ4n) is 2.89. The molecule has 1 aliphatic rings. The Morgan fingerprint density at radius 3 is 2.25 bits per heavy atom. The Kier molecular flexibility index (Phi) is 3.89. The third-order valence-electron chi connectivity index (χ3n) is 4.11. The van der Waals surface area contributed by atoms with Crippen LogP contribution in [0, 0.1) is 13.8 Å². The van der Waals surface area contributed by atoms with Crippen molar-refractivity contribution in [1.29, 1.82) is 0 Å². The maximum atomic E-state index is 12.7. The van der Waals surface area contributed by atoms with Crippen LogP contribution in [0.4, 0.5) is 11.4 Å². The van der Waals surface area contributed by atoms with Gasteiger partial charge in [-0.1, -0.05) is 0 Å². The molecule has 0 spiro atoms. The molecule has 0 bridgehead atoms. The van der Waals surface area contributed by atoms with Crippen LogP contribution < -0.4 is 10.2 Å². The van der Waals surface area contributed by atoms with Crippen molar-refractivity contribution in [3.8, 4) is 11.5 Å². The van der Waals surface area contributed by atoms with Crippen LogP contribution in [0.2, 0.25) is 0 Å². The predicted molar refractivity (Wildman–Crippen MR) is 90.2 cm³/mol. The smallest absolute Gasteiger partial charge is 0.256 e. The van der Waals surface area contributed by atoms with Crippen LogP contribution in [0.3, 0.4) is 0 Å². The van der Waals surface area contributed by atoms with Crippen molar-refractivity contribution < 1.29 is 19.8 Å². The Morgan fingerprint density at radius 2 is 1.62 bits per heavy atom. The minimum Gasteiger partial charge on any atom is -0.508 e. The summed E-state index contributed by atoms with van der Waals surface area (Å²) in [5.41, 5.74) is 2.62. The van der Waals surface area contributed by atoms with Crippen LogP contribution in [0.1, 0.15) is 17.5 Å². The Hall–Kier alpha value is -3.02. The van der Waals surface area contributed by atoms with Gasteiger partial charge in [0.05, 0.1) is 12.1 Å². The molecule has 0 radical (unpaired) electrons. The first-order chi connectivity index (χ1) is 11.4. The number of carbonyl (C=O) groups is 2. The molecule has 0 aliphatic carbocycles. The SMILES string of the molecule is Cc1cc(O)ccc1NC1CC(=O)N(c2ccc(O)cc2C)C1=O. The lowest BCUT2D eigenvalue weighted by atomic mass is 10.1. The summed E-state index contributed by atoms with van der Waals surface area (Å²) >= 11 is 0. The van der Waals surface area contributed by atoms with Gasteiger partial charge < -0.3 is 15.5 Å². The lowest BCUT2D eigenvalue weighted by Gasteiger charge is -2.19. The highest BCUT2D eigenvalue weighted by molar-refractivity contribution is 6.23. The number of carbonyl (C=O) groups excluding carboxylic acids is 2. The molecule has 1 heterocycles. The lowest BCUT2D eigenvalue weighted by Crippen LogP contribution is -2.35. The molecule has 0 aromatic heterocycles. The molecule has 2 aromatic rings. The molecule has 24 heavy (non-hydrogen) atoms. The molecule has 1 aliphatic heterocycles. The van der Waals surface area contributed by atoms with Crippen LogP contribution in [0.5, 0.6) is 11.5 Å². The van der Waals surface area contributed by atoms with Crippen molar-refractivity contribution in [2.24, 2.45) is 0 Å². The Morgan fingerprint density at radius 1 is 1.00 bits per heavy atom. The summed E-state index contributed by atoms with van der Waals surface area (Å²) in [5, 5.41) is 22.0. The van der Waals surface area contributed by atoms with E-state index in [1.165, 1.54) is 18.2 Å². The van der Waals surface area contributed by atoms with E-state index < -0.39 is 6.04 Å². The van der Waals surface area contributed by atoms with Gasteiger partial charge in [-0.2, -0.15) is 0 Å². The lowest BCUT2D eigenvalue weighted by molar-refractivity contribution is -0.121. The average molecular weight is 326 g/mol. The second-order valence-electron chi connectivity index (χ2n) is 5.94. The monoisotopic (exact) mass is 326 g/mol. The number of phenolic OH excluding ortho intramolecular Hbond substituents is 2. The quantitative estimate of drug-likeness (QED) is 0.595. The van der Waals surface area contributed by atoms with E-state index in [0.717, 1.165) is 10.5 Å². The van der Waals surface area contributed by atoms with Crippen LogP contribution in [0.25, 0.3) is 0 Å². The van der Waals surface area contributed by atoms with Gasteiger partial charge in [0.25, 0.3) is 5.91 Å². The van der Waals surface area contributed by atoms with Gasteiger partial charge in [0.2, 0.25) is 5.91 Å². The van der Waals surface area contributed by atoms with Gasteiger partial charge in [0.15, 0.2) is 0 Å². The van der Waals surface area contributed by atoms with Crippen molar-refractivity contribution in [2.75, 3.05) is 10.2 Å². The van der Waals surface area contributed by atoms with Gasteiger partial charge in [-0.3, -0.25) is 9.59 Å². The van der Waals surface area contributed by atoms with Gasteiger partial charge >= 0.3 is 0 Å². The first-order valence-corrected chi connectivity index (χ1v) is 7.59. The maximum absolute atomic E-state index is 12.7. The number of amides is 2. The molecular weight excluding hydrogens is 308 g/mol. The van der Waals surface area contributed by atoms with Crippen LogP contribution in [-0.2, 0) is 9.59 Å². The maximum Gasteiger partial charge on any atom is 0.256 e. The number of rotatable bonds is 3. The standard InChI is InChI=1S/C18H18N2O4/c1-10-7-12(21)3-5-14(10)19-15-9-17(23)20(18(15)24)16-6-4-13(22)8-11(16)2/h3-8,15,19,21-22H,9H2,1-2H3. The normalized spacial score (nSPS) is 17.4. The summed E-state index contributed by atoms with van der Waals surface area (Å²) < 4.78 is 0. The third-order valence-corrected chi connectivity index (χ3v) is 4.11. The highest BCUT2D eigenvalue weighted by Gasteiger charge is 2.40. The molecular formula is C18H18N2O4. The molecule has 2 aromatic carbocycles. The predicted octanol–water partition coefficient (Wildman–Crippen LogP) is 2.46. The average Bonchev–Trinajstić information content (AvgIpc) is 2.77. The molecule has 3 rings (SSSR count). The van der Waals surface area contributed by atoms with E-state index in [1.807, 2.05) is 6.92 Å². The topological polar surface area (TPSA) is 89.9 Å². The number of hydrogen-bond donors (Lipinski definition) is 3. The van der Waals surface area contributed by atoms with Crippen molar-refractivity contribution in [3.63, 3.8) is 0 Å². The van der Waals surface area contributed by atoms with Gasteiger partial charge in [-0.05, 0) is 61.4 Å². The Labute approximate surface area is 139 Å². The van der Waals surface area contributed by atoms with Crippen molar-refractivity contribution in [1.82, 2.24) is 0 Å². The number of phenols is 2. The van der Waals surface area contributed by atoms with E-state index in [9.17, 15) is 19.8 Å². The second kappa shape index (κ2) is 5.88. The Bertz CT molecular complexity index is 832.